The number of hydrogen-bond acceptors (Lipinski definition) is 5. The van der Waals surface area contributed by atoms with Crippen molar-refractivity contribution in [2.75, 3.05) is 13.7 Å². The maximum atomic E-state index is 12.0. The Hall–Kier alpha value is -3.15. The van der Waals surface area contributed by atoms with Crippen LogP contribution in [0.2, 0.25) is 0 Å². The lowest BCUT2D eigenvalue weighted by Gasteiger charge is -2.11. The number of methoxy groups -OCH3 is 1. The fourth-order valence-electron chi connectivity index (χ4n) is 2.36. The van der Waals surface area contributed by atoms with Crippen LogP contribution in [0.3, 0.4) is 0 Å². The van der Waals surface area contributed by atoms with Gasteiger partial charge in [0.25, 0.3) is 5.91 Å². The minimum atomic E-state index is -0.582. The third-order valence-corrected chi connectivity index (χ3v) is 3.75. The van der Waals surface area contributed by atoms with E-state index >= 15 is 0 Å². The molecular weight excluding hydrogens is 334 g/mol. The van der Waals surface area contributed by atoms with Crippen LogP contribution < -0.4 is 10.1 Å². The molecule has 0 bridgehead atoms. The SMILES string of the molecule is COc1ccc(C(C)=O)cc1COC(=O)CNC(=O)c1cccc(C)c1. The number of carbonyl (C=O) groups excluding carboxylic acids is 3. The highest BCUT2D eigenvalue weighted by Gasteiger charge is 2.12. The van der Waals surface area contributed by atoms with E-state index in [1.165, 1.54) is 14.0 Å². The minimum Gasteiger partial charge on any atom is -0.496 e. The summed E-state index contributed by atoms with van der Waals surface area (Å²) in [5.41, 5.74) is 2.52. The van der Waals surface area contributed by atoms with E-state index < -0.39 is 5.97 Å². The fourth-order valence-corrected chi connectivity index (χ4v) is 2.36. The van der Waals surface area contributed by atoms with Crippen LogP contribution in [0.1, 0.15) is 38.8 Å². The van der Waals surface area contributed by atoms with E-state index in [0.29, 0.717) is 22.4 Å². The zero-order valence-corrected chi connectivity index (χ0v) is 15.0. The molecule has 0 heterocycles. The molecule has 0 unspecified atom stereocenters. The second-order valence-corrected chi connectivity index (χ2v) is 5.80. The molecule has 0 fully saturated rings. The summed E-state index contributed by atoms with van der Waals surface area (Å²) in [4.78, 5) is 35.4. The van der Waals surface area contributed by atoms with Crippen molar-refractivity contribution in [2.45, 2.75) is 20.5 Å². The Balaban J connectivity index is 1.91. The molecule has 136 valence electrons. The number of ether oxygens (including phenoxy) is 2. The van der Waals surface area contributed by atoms with Crippen molar-refractivity contribution in [3.8, 4) is 5.75 Å². The Morgan fingerprint density at radius 2 is 1.81 bits per heavy atom. The number of aryl methyl sites for hydroxylation is 1. The van der Waals surface area contributed by atoms with Crippen molar-refractivity contribution in [3.63, 3.8) is 0 Å². The van der Waals surface area contributed by atoms with E-state index in [0.717, 1.165) is 5.56 Å². The number of hydrogen-bond donors (Lipinski definition) is 1. The first-order chi connectivity index (χ1) is 12.4. The number of rotatable bonds is 7. The molecule has 0 aliphatic carbocycles. The molecule has 0 aromatic heterocycles. The van der Waals surface area contributed by atoms with Crippen LogP contribution in [0.15, 0.2) is 42.5 Å². The van der Waals surface area contributed by atoms with Gasteiger partial charge in [-0.3, -0.25) is 14.4 Å². The van der Waals surface area contributed by atoms with Gasteiger partial charge in [-0.2, -0.15) is 0 Å². The average molecular weight is 355 g/mol. The predicted octanol–water partition coefficient (Wildman–Crippen LogP) is 2.68. The number of esters is 1. The lowest BCUT2D eigenvalue weighted by atomic mass is 10.1. The summed E-state index contributed by atoms with van der Waals surface area (Å²) < 4.78 is 10.4. The van der Waals surface area contributed by atoms with Crippen molar-refractivity contribution < 1.29 is 23.9 Å². The molecule has 0 aliphatic rings. The van der Waals surface area contributed by atoms with Crippen LogP contribution in [0.25, 0.3) is 0 Å². The Morgan fingerprint density at radius 3 is 2.46 bits per heavy atom. The van der Waals surface area contributed by atoms with Gasteiger partial charge in [0.1, 0.15) is 18.9 Å². The molecule has 2 aromatic rings. The highest BCUT2D eigenvalue weighted by molar-refractivity contribution is 5.96. The topological polar surface area (TPSA) is 81.7 Å². The van der Waals surface area contributed by atoms with Crippen molar-refractivity contribution in [1.82, 2.24) is 5.32 Å². The summed E-state index contributed by atoms with van der Waals surface area (Å²) >= 11 is 0. The smallest absolute Gasteiger partial charge is 0.325 e. The van der Waals surface area contributed by atoms with Crippen LogP contribution in [-0.2, 0) is 16.1 Å². The molecule has 1 N–H and O–H groups in total. The van der Waals surface area contributed by atoms with Crippen molar-refractivity contribution in [1.29, 1.82) is 0 Å². The molecule has 0 aliphatic heterocycles. The number of Topliss-reactive ketones (excluding diaryl/α,β-unsaturated/α-hetero) is 1. The zero-order valence-electron chi connectivity index (χ0n) is 15.0. The van der Waals surface area contributed by atoms with Gasteiger partial charge in [-0.1, -0.05) is 17.7 Å². The summed E-state index contributed by atoms with van der Waals surface area (Å²) in [6, 6.07) is 12.0. The molecule has 2 rings (SSSR count). The van der Waals surface area contributed by atoms with Gasteiger partial charge in [-0.15, -0.1) is 0 Å². The number of ketones is 1. The van der Waals surface area contributed by atoms with Gasteiger partial charge in [0.05, 0.1) is 7.11 Å². The molecule has 0 saturated carbocycles. The third-order valence-electron chi connectivity index (χ3n) is 3.75. The monoisotopic (exact) mass is 355 g/mol. The average Bonchev–Trinajstić information content (AvgIpc) is 2.64. The Kier molecular flexibility index (Phi) is 6.49. The first-order valence-corrected chi connectivity index (χ1v) is 8.09. The number of carbonyl (C=O) groups is 3. The van der Waals surface area contributed by atoms with E-state index in [1.54, 1.807) is 36.4 Å². The van der Waals surface area contributed by atoms with E-state index in [-0.39, 0.29) is 24.8 Å². The molecule has 2 aromatic carbocycles. The molecule has 0 spiro atoms. The molecule has 0 atom stereocenters. The zero-order chi connectivity index (χ0) is 19.1. The van der Waals surface area contributed by atoms with Crippen LogP contribution >= 0.6 is 0 Å². The van der Waals surface area contributed by atoms with Gasteiger partial charge in [0, 0.05) is 16.7 Å². The number of nitrogens with one attached hydrogen (secondary N) is 1. The van der Waals surface area contributed by atoms with E-state index in [1.807, 2.05) is 13.0 Å². The highest BCUT2D eigenvalue weighted by Crippen LogP contribution is 2.21. The predicted molar refractivity (Wildman–Crippen MR) is 96.3 cm³/mol. The Bertz CT molecular complexity index is 829. The van der Waals surface area contributed by atoms with Gasteiger partial charge in [-0.05, 0) is 44.2 Å². The molecule has 0 radical (unpaired) electrons. The molecule has 0 saturated heterocycles. The second-order valence-electron chi connectivity index (χ2n) is 5.80. The van der Waals surface area contributed by atoms with Gasteiger partial charge in [0.2, 0.25) is 0 Å². The van der Waals surface area contributed by atoms with Crippen molar-refractivity contribution in [2.24, 2.45) is 0 Å². The first kappa shape index (κ1) is 19.2. The number of benzene rings is 2. The fraction of sp³-hybridized carbons (Fsp3) is 0.250. The standard InChI is InChI=1S/C20H21NO5/c1-13-5-4-6-16(9-13)20(24)21-11-19(23)26-12-17-10-15(14(2)22)7-8-18(17)25-3/h4-10H,11-12H2,1-3H3,(H,21,24). The third kappa shape index (κ3) is 5.17. The summed E-state index contributed by atoms with van der Waals surface area (Å²) in [6.07, 6.45) is 0. The molecule has 6 nitrogen and oxygen atoms in total. The molecular formula is C20H21NO5. The second kappa shape index (κ2) is 8.80. The Morgan fingerprint density at radius 1 is 1.04 bits per heavy atom. The maximum absolute atomic E-state index is 12.0. The summed E-state index contributed by atoms with van der Waals surface area (Å²) in [6.45, 7) is 3.04. The van der Waals surface area contributed by atoms with E-state index in [9.17, 15) is 14.4 Å². The summed E-state index contributed by atoms with van der Waals surface area (Å²) in [5, 5.41) is 2.52. The molecule has 26 heavy (non-hydrogen) atoms. The quantitative estimate of drug-likeness (QED) is 0.610. The van der Waals surface area contributed by atoms with Gasteiger partial charge >= 0.3 is 5.97 Å². The van der Waals surface area contributed by atoms with Crippen LogP contribution in [0, 0.1) is 6.92 Å². The molecule has 6 heteroatoms. The first-order valence-electron chi connectivity index (χ1n) is 8.09. The van der Waals surface area contributed by atoms with Crippen LogP contribution in [-0.4, -0.2) is 31.3 Å². The van der Waals surface area contributed by atoms with Gasteiger partial charge in [-0.25, -0.2) is 0 Å². The van der Waals surface area contributed by atoms with E-state index in [2.05, 4.69) is 5.32 Å². The lowest BCUT2D eigenvalue weighted by Crippen LogP contribution is -2.30. The summed E-state index contributed by atoms with van der Waals surface area (Å²) in [7, 11) is 1.50. The normalized spacial score (nSPS) is 10.1. The highest BCUT2D eigenvalue weighted by atomic mass is 16.5. The van der Waals surface area contributed by atoms with Crippen LogP contribution in [0.5, 0.6) is 5.75 Å². The molecule has 1 amide bonds. The Labute approximate surface area is 152 Å². The van der Waals surface area contributed by atoms with Crippen LogP contribution in [0.4, 0.5) is 0 Å². The van der Waals surface area contributed by atoms with Crippen molar-refractivity contribution in [3.05, 3.63) is 64.7 Å². The van der Waals surface area contributed by atoms with Crippen molar-refractivity contribution >= 4 is 17.7 Å². The van der Waals surface area contributed by atoms with Gasteiger partial charge < -0.3 is 14.8 Å². The summed E-state index contributed by atoms with van der Waals surface area (Å²) in [5.74, 6) is -0.500. The maximum Gasteiger partial charge on any atom is 0.325 e. The lowest BCUT2D eigenvalue weighted by molar-refractivity contribution is -0.143. The largest absolute Gasteiger partial charge is 0.496 e. The number of amides is 1. The minimum absolute atomic E-state index is 0.0521. The van der Waals surface area contributed by atoms with Gasteiger partial charge in [0.15, 0.2) is 5.78 Å². The van der Waals surface area contributed by atoms with E-state index in [4.69, 9.17) is 9.47 Å².